The van der Waals surface area contributed by atoms with Crippen LogP contribution in [0.15, 0.2) is 48.5 Å². The van der Waals surface area contributed by atoms with Crippen LogP contribution in [-0.4, -0.2) is 34.1 Å². The van der Waals surface area contributed by atoms with Gasteiger partial charge in [0.1, 0.15) is 23.7 Å². The normalized spacial score (nSPS) is 15.9. The van der Waals surface area contributed by atoms with Gasteiger partial charge in [-0.3, -0.25) is 14.8 Å². The van der Waals surface area contributed by atoms with Crippen molar-refractivity contribution in [2.75, 3.05) is 18.4 Å². The monoisotopic (exact) mass is 388 g/mol. The number of aromatic nitrogens is 2. The number of carbonyl (C=O) groups excluding carboxylic acids is 1. The summed E-state index contributed by atoms with van der Waals surface area (Å²) >= 11 is 0. The first-order valence-electron chi connectivity index (χ1n) is 10.2. The van der Waals surface area contributed by atoms with E-state index in [1.165, 1.54) is 37.9 Å². The lowest BCUT2D eigenvalue weighted by atomic mass is 10.0. The molecular formula is C23H24N4O2. The number of aromatic amines is 1. The zero-order chi connectivity index (χ0) is 19.6. The summed E-state index contributed by atoms with van der Waals surface area (Å²) in [6.07, 6.45) is 3.92. The van der Waals surface area contributed by atoms with Gasteiger partial charge in [-0.15, -0.1) is 0 Å². The zero-order valence-corrected chi connectivity index (χ0v) is 16.3. The minimum absolute atomic E-state index is 0.203. The molecule has 2 N–H and O–H groups in total. The summed E-state index contributed by atoms with van der Waals surface area (Å²) < 4.78 is 5.79. The van der Waals surface area contributed by atoms with Crippen LogP contribution >= 0.6 is 0 Å². The smallest absolute Gasteiger partial charge is 0.274 e. The molecule has 0 aliphatic carbocycles. The number of fused-ring (bicyclic) bond motifs is 3. The van der Waals surface area contributed by atoms with Crippen molar-refractivity contribution < 1.29 is 9.53 Å². The number of piperidine rings is 1. The molecule has 5 rings (SSSR count). The number of para-hydroxylation sites is 1. The van der Waals surface area contributed by atoms with E-state index in [4.69, 9.17) is 4.74 Å². The summed E-state index contributed by atoms with van der Waals surface area (Å²) in [5.74, 6) is 0.591. The highest BCUT2D eigenvalue weighted by Crippen LogP contribution is 2.37. The number of hydrogen-bond donors (Lipinski definition) is 2. The SMILES string of the molecule is O=C(Nc1ccc(CN2CCCCC2)cc1)c1[nH]nc2c1COc1ccccc1-2. The highest BCUT2D eigenvalue weighted by atomic mass is 16.5. The van der Waals surface area contributed by atoms with Crippen LogP contribution in [0, 0.1) is 0 Å². The molecule has 148 valence electrons. The molecule has 2 aliphatic heterocycles. The van der Waals surface area contributed by atoms with E-state index < -0.39 is 0 Å². The quantitative estimate of drug-likeness (QED) is 0.703. The van der Waals surface area contributed by atoms with E-state index in [9.17, 15) is 4.79 Å². The predicted molar refractivity (Wildman–Crippen MR) is 112 cm³/mol. The largest absolute Gasteiger partial charge is 0.488 e. The Balaban J connectivity index is 1.28. The average Bonchev–Trinajstić information content (AvgIpc) is 3.21. The average molecular weight is 388 g/mol. The minimum atomic E-state index is -0.203. The summed E-state index contributed by atoms with van der Waals surface area (Å²) in [4.78, 5) is 15.3. The van der Waals surface area contributed by atoms with E-state index in [2.05, 4.69) is 32.5 Å². The number of nitrogens with zero attached hydrogens (tertiary/aromatic N) is 2. The maximum absolute atomic E-state index is 12.8. The van der Waals surface area contributed by atoms with Crippen LogP contribution in [0.2, 0.25) is 0 Å². The maximum Gasteiger partial charge on any atom is 0.274 e. The lowest BCUT2D eigenvalue weighted by molar-refractivity contribution is 0.102. The number of anilines is 1. The molecule has 0 spiro atoms. The molecular weight excluding hydrogens is 364 g/mol. The van der Waals surface area contributed by atoms with Gasteiger partial charge in [0, 0.05) is 23.4 Å². The first-order chi connectivity index (χ1) is 14.3. The van der Waals surface area contributed by atoms with E-state index in [-0.39, 0.29) is 5.91 Å². The Morgan fingerprint density at radius 2 is 1.86 bits per heavy atom. The summed E-state index contributed by atoms with van der Waals surface area (Å²) in [5.41, 5.74) is 4.99. The van der Waals surface area contributed by atoms with Crippen molar-refractivity contribution in [2.24, 2.45) is 0 Å². The van der Waals surface area contributed by atoms with Gasteiger partial charge in [0.05, 0.1) is 0 Å². The number of likely N-dealkylation sites (tertiary alicyclic amines) is 1. The first-order valence-corrected chi connectivity index (χ1v) is 10.2. The van der Waals surface area contributed by atoms with Gasteiger partial charge >= 0.3 is 0 Å². The van der Waals surface area contributed by atoms with E-state index >= 15 is 0 Å². The third kappa shape index (κ3) is 3.63. The molecule has 0 unspecified atom stereocenters. The molecule has 3 aromatic rings. The summed E-state index contributed by atoms with van der Waals surface area (Å²) in [5, 5.41) is 10.2. The number of benzene rings is 2. The highest BCUT2D eigenvalue weighted by molar-refractivity contribution is 6.05. The Morgan fingerprint density at radius 1 is 1.07 bits per heavy atom. The second-order valence-electron chi connectivity index (χ2n) is 7.70. The number of ether oxygens (including phenoxy) is 1. The van der Waals surface area contributed by atoms with Gasteiger partial charge in [-0.25, -0.2) is 0 Å². The van der Waals surface area contributed by atoms with Crippen LogP contribution in [0.5, 0.6) is 5.75 Å². The molecule has 0 radical (unpaired) electrons. The first kappa shape index (κ1) is 17.9. The van der Waals surface area contributed by atoms with Crippen molar-refractivity contribution in [3.8, 4) is 17.0 Å². The van der Waals surface area contributed by atoms with E-state index in [1.54, 1.807) is 0 Å². The third-order valence-electron chi connectivity index (χ3n) is 5.68. The van der Waals surface area contributed by atoms with Crippen molar-refractivity contribution in [1.82, 2.24) is 15.1 Å². The predicted octanol–water partition coefficient (Wildman–Crippen LogP) is 4.21. The van der Waals surface area contributed by atoms with Gasteiger partial charge in [0.2, 0.25) is 0 Å². The highest BCUT2D eigenvalue weighted by Gasteiger charge is 2.26. The van der Waals surface area contributed by atoms with Crippen LogP contribution in [0.25, 0.3) is 11.3 Å². The molecule has 1 aromatic heterocycles. The Morgan fingerprint density at radius 3 is 2.69 bits per heavy atom. The number of hydrogen-bond acceptors (Lipinski definition) is 4. The molecule has 3 heterocycles. The second kappa shape index (κ2) is 7.72. The molecule has 1 saturated heterocycles. The van der Waals surface area contributed by atoms with Gasteiger partial charge in [-0.2, -0.15) is 5.10 Å². The topological polar surface area (TPSA) is 70.2 Å². The van der Waals surface area contributed by atoms with Gasteiger partial charge in [0.25, 0.3) is 5.91 Å². The number of carbonyl (C=O) groups is 1. The fourth-order valence-electron chi connectivity index (χ4n) is 4.12. The Bertz CT molecular complexity index is 1020. The van der Waals surface area contributed by atoms with Gasteiger partial charge in [0.15, 0.2) is 0 Å². The van der Waals surface area contributed by atoms with Crippen LogP contribution in [0.4, 0.5) is 5.69 Å². The number of H-pyrrole nitrogens is 1. The summed E-state index contributed by atoms with van der Waals surface area (Å²) in [6, 6.07) is 15.8. The van der Waals surface area contributed by atoms with Crippen LogP contribution in [0.3, 0.4) is 0 Å². The number of amides is 1. The molecule has 29 heavy (non-hydrogen) atoms. The van der Waals surface area contributed by atoms with Crippen molar-refractivity contribution in [3.05, 3.63) is 65.4 Å². The van der Waals surface area contributed by atoms with E-state index in [0.717, 1.165) is 34.8 Å². The van der Waals surface area contributed by atoms with E-state index in [0.29, 0.717) is 12.3 Å². The van der Waals surface area contributed by atoms with Gasteiger partial charge in [-0.1, -0.05) is 30.7 Å². The Labute approximate surface area is 169 Å². The molecule has 6 nitrogen and oxygen atoms in total. The molecule has 6 heteroatoms. The van der Waals surface area contributed by atoms with Crippen molar-refractivity contribution in [1.29, 1.82) is 0 Å². The standard InChI is InChI=1S/C23H24N4O2/c28-23(22-19-15-29-20-7-3-2-6-18(20)21(19)25-26-22)24-17-10-8-16(9-11-17)14-27-12-4-1-5-13-27/h2-3,6-11H,1,4-5,12-15H2,(H,24,28)(H,25,26). The van der Waals surface area contributed by atoms with Crippen molar-refractivity contribution in [2.45, 2.75) is 32.4 Å². The molecule has 1 amide bonds. The van der Waals surface area contributed by atoms with Crippen LogP contribution in [0.1, 0.15) is 40.9 Å². The molecule has 0 atom stereocenters. The molecule has 1 fully saturated rings. The van der Waals surface area contributed by atoms with Gasteiger partial charge < -0.3 is 10.1 Å². The maximum atomic E-state index is 12.8. The van der Waals surface area contributed by atoms with Crippen molar-refractivity contribution >= 4 is 11.6 Å². The lowest BCUT2D eigenvalue weighted by Crippen LogP contribution is -2.29. The number of rotatable bonds is 4. The zero-order valence-electron chi connectivity index (χ0n) is 16.3. The minimum Gasteiger partial charge on any atom is -0.488 e. The lowest BCUT2D eigenvalue weighted by Gasteiger charge is -2.26. The summed E-state index contributed by atoms with van der Waals surface area (Å²) in [7, 11) is 0. The molecule has 2 aromatic carbocycles. The Kier molecular flexibility index (Phi) is 4.77. The second-order valence-corrected chi connectivity index (χ2v) is 7.70. The summed E-state index contributed by atoms with van der Waals surface area (Å²) in [6.45, 7) is 3.66. The van der Waals surface area contributed by atoms with Crippen molar-refractivity contribution in [3.63, 3.8) is 0 Å². The van der Waals surface area contributed by atoms with E-state index in [1.807, 2.05) is 36.4 Å². The molecule has 2 aliphatic rings. The fourth-order valence-corrected chi connectivity index (χ4v) is 4.12. The third-order valence-corrected chi connectivity index (χ3v) is 5.68. The molecule has 0 bridgehead atoms. The fraction of sp³-hybridized carbons (Fsp3) is 0.304. The van der Waals surface area contributed by atoms with Crippen LogP contribution in [-0.2, 0) is 13.2 Å². The molecule has 0 saturated carbocycles. The van der Waals surface area contributed by atoms with Gasteiger partial charge in [-0.05, 0) is 55.8 Å². The van der Waals surface area contributed by atoms with Crippen LogP contribution < -0.4 is 10.1 Å². The Hall–Kier alpha value is -3.12. The number of nitrogens with one attached hydrogen (secondary N) is 2.